The smallest absolute Gasteiger partial charge is 0.326 e. The van der Waals surface area contributed by atoms with Crippen molar-refractivity contribution < 1.29 is 23.8 Å². The highest BCUT2D eigenvalue weighted by atomic mass is 35.5. The second kappa shape index (κ2) is 11.6. The molecule has 1 atom stereocenters. The number of carbonyl (C=O) groups excluding carboxylic acids is 2. The molecular formula is C27H35Cl2N3O5. The van der Waals surface area contributed by atoms with E-state index >= 15 is 0 Å². The van der Waals surface area contributed by atoms with Crippen LogP contribution in [0.15, 0.2) is 18.3 Å². The van der Waals surface area contributed by atoms with E-state index < -0.39 is 11.6 Å². The molecule has 0 amide bonds. The molecule has 2 aliphatic heterocycles. The van der Waals surface area contributed by atoms with E-state index in [1.165, 1.54) is 0 Å². The zero-order chi connectivity index (χ0) is 26.7. The summed E-state index contributed by atoms with van der Waals surface area (Å²) in [6.07, 6.45) is 5.65. The van der Waals surface area contributed by atoms with Gasteiger partial charge in [-0.3, -0.25) is 14.6 Å². The topological polar surface area (TPSA) is 82.0 Å². The zero-order valence-electron chi connectivity index (χ0n) is 21.9. The predicted molar refractivity (Wildman–Crippen MR) is 144 cm³/mol. The van der Waals surface area contributed by atoms with E-state index in [0.29, 0.717) is 35.1 Å². The molecule has 1 unspecified atom stereocenters. The molecule has 37 heavy (non-hydrogen) atoms. The highest BCUT2D eigenvalue weighted by Gasteiger charge is 2.30. The van der Waals surface area contributed by atoms with Crippen molar-refractivity contribution in [3.05, 3.63) is 39.6 Å². The Morgan fingerprint density at radius 1 is 1.19 bits per heavy atom. The molecule has 2 aromatic rings. The molecule has 8 nitrogen and oxygen atoms in total. The van der Waals surface area contributed by atoms with Gasteiger partial charge in [0, 0.05) is 36.0 Å². The monoisotopic (exact) mass is 551 g/mol. The molecule has 1 aromatic carbocycles. The highest BCUT2D eigenvalue weighted by Crippen LogP contribution is 2.40. The number of ether oxygens (including phenoxy) is 3. The van der Waals surface area contributed by atoms with Crippen molar-refractivity contribution in [2.45, 2.75) is 78.2 Å². The van der Waals surface area contributed by atoms with Gasteiger partial charge in [-0.1, -0.05) is 29.3 Å². The van der Waals surface area contributed by atoms with Crippen molar-refractivity contribution >= 4 is 51.6 Å². The predicted octanol–water partition coefficient (Wildman–Crippen LogP) is 5.47. The Kier molecular flexibility index (Phi) is 8.74. The third-order valence-electron chi connectivity index (χ3n) is 6.34. The zero-order valence-corrected chi connectivity index (χ0v) is 23.4. The van der Waals surface area contributed by atoms with Crippen molar-refractivity contribution in [1.82, 2.24) is 15.0 Å². The number of esters is 2. The number of aromatic nitrogens is 1. The number of hydrazine groups is 1. The van der Waals surface area contributed by atoms with Crippen LogP contribution >= 0.6 is 23.2 Å². The number of carbonyl (C=O) groups is 2. The first-order valence-corrected chi connectivity index (χ1v) is 13.6. The van der Waals surface area contributed by atoms with Crippen molar-refractivity contribution in [2.24, 2.45) is 0 Å². The Morgan fingerprint density at radius 3 is 2.65 bits per heavy atom. The van der Waals surface area contributed by atoms with Crippen molar-refractivity contribution in [2.75, 3.05) is 19.8 Å². The van der Waals surface area contributed by atoms with Crippen LogP contribution in [-0.4, -0.2) is 53.1 Å². The maximum absolute atomic E-state index is 13.0. The van der Waals surface area contributed by atoms with E-state index in [0.717, 1.165) is 48.1 Å². The Morgan fingerprint density at radius 2 is 1.97 bits per heavy atom. The number of benzene rings is 1. The number of rotatable bonds is 8. The molecule has 10 heteroatoms. The minimum atomic E-state index is -0.645. The molecule has 0 bridgehead atoms. The molecule has 0 spiro atoms. The minimum absolute atomic E-state index is 0.0395. The lowest BCUT2D eigenvalue weighted by molar-refractivity contribution is -0.155. The standard InChI is InChI=1S/C27H35Cl2N3O5/c1-5-35-22(33)12-11-20-24(17-14-30-32(15-17)21-8-6-7-13-36-21)18-9-10-19(28)25(29)26(18)31(20)16-23(34)37-27(2,3)4/h9-10,15,21,30H,5-8,11-14,16H2,1-4H3. The summed E-state index contributed by atoms with van der Waals surface area (Å²) >= 11 is 13.2. The van der Waals surface area contributed by atoms with E-state index in [9.17, 15) is 9.59 Å². The summed E-state index contributed by atoms with van der Waals surface area (Å²) in [7, 11) is 0. The van der Waals surface area contributed by atoms with Crippen LogP contribution in [0.25, 0.3) is 16.5 Å². The second-order valence-corrected chi connectivity index (χ2v) is 11.1. The number of fused-ring (bicyclic) bond motifs is 1. The minimum Gasteiger partial charge on any atom is -0.466 e. The summed E-state index contributed by atoms with van der Waals surface area (Å²) in [6.45, 7) is 8.80. The first-order chi connectivity index (χ1) is 17.6. The van der Waals surface area contributed by atoms with Crippen LogP contribution < -0.4 is 5.43 Å². The van der Waals surface area contributed by atoms with E-state index in [1.807, 2.05) is 36.4 Å². The van der Waals surface area contributed by atoms with Gasteiger partial charge in [0.25, 0.3) is 0 Å². The van der Waals surface area contributed by atoms with Crippen molar-refractivity contribution in [1.29, 1.82) is 0 Å². The summed E-state index contributed by atoms with van der Waals surface area (Å²) in [5.41, 5.74) is 6.16. The lowest BCUT2D eigenvalue weighted by Crippen LogP contribution is -2.41. The van der Waals surface area contributed by atoms with Crippen LogP contribution in [0.4, 0.5) is 0 Å². The molecule has 0 aliphatic carbocycles. The van der Waals surface area contributed by atoms with Gasteiger partial charge in [-0.05, 0) is 65.0 Å². The fraction of sp³-hybridized carbons (Fsp3) is 0.556. The summed E-state index contributed by atoms with van der Waals surface area (Å²) in [4.78, 5) is 25.3. The molecule has 1 N–H and O–H groups in total. The SMILES string of the molecule is CCOC(=O)CCc1c(C2=CN(C3CCCCO3)NC2)c2ccc(Cl)c(Cl)c2n1CC(=O)OC(C)(C)C. The third-order valence-corrected chi connectivity index (χ3v) is 7.13. The van der Waals surface area contributed by atoms with E-state index in [-0.39, 0.29) is 25.2 Å². The average Bonchev–Trinajstić information content (AvgIpc) is 3.43. The lowest BCUT2D eigenvalue weighted by Gasteiger charge is -2.30. The molecule has 4 rings (SSSR count). The third kappa shape index (κ3) is 6.42. The van der Waals surface area contributed by atoms with Gasteiger partial charge in [0.15, 0.2) is 0 Å². The van der Waals surface area contributed by atoms with Crippen LogP contribution in [0.5, 0.6) is 0 Å². The van der Waals surface area contributed by atoms with Gasteiger partial charge < -0.3 is 18.8 Å². The number of hydrogen-bond donors (Lipinski definition) is 1. The number of nitrogens with one attached hydrogen (secondary N) is 1. The largest absolute Gasteiger partial charge is 0.466 e. The molecule has 1 fully saturated rings. The number of nitrogens with zero attached hydrogens (tertiary/aromatic N) is 2. The quantitative estimate of drug-likeness (QED) is 0.435. The number of hydrogen-bond acceptors (Lipinski definition) is 7. The Hall–Kier alpha value is -2.26. The van der Waals surface area contributed by atoms with Gasteiger partial charge in [-0.15, -0.1) is 0 Å². The fourth-order valence-electron chi connectivity index (χ4n) is 4.90. The first kappa shape index (κ1) is 27.8. The average molecular weight is 552 g/mol. The van der Waals surface area contributed by atoms with Gasteiger partial charge in [-0.25, -0.2) is 5.43 Å². The summed E-state index contributed by atoms with van der Waals surface area (Å²) in [5, 5.41) is 3.61. The normalized spacial score (nSPS) is 18.3. The Balaban J connectivity index is 1.82. The van der Waals surface area contributed by atoms with E-state index in [4.69, 9.17) is 37.4 Å². The van der Waals surface area contributed by atoms with E-state index in [1.54, 1.807) is 13.0 Å². The number of halogens is 2. The molecule has 1 saturated heterocycles. The fourth-order valence-corrected chi connectivity index (χ4v) is 5.32. The van der Waals surface area contributed by atoms with E-state index in [2.05, 4.69) is 11.6 Å². The van der Waals surface area contributed by atoms with Crippen molar-refractivity contribution in [3.8, 4) is 0 Å². The summed E-state index contributed by atoms with van der Waals surface area (Å²) < 4.78 is 18.6. The van der Waals surface area contributed by atoms with Gasteiger partial charge >= 0.3 is 11.9 Å². The van der Waals surface area contributed by atoms with Crippen LogP contribution in [0.2, 0.25) is 10.0 Å². The van der Waals surface area contributed by atoms with Gasteiger partial charge in [0.05, 0.1) is 28.6 Å². The molecule has 202 valence electrons. The Labute approximate surface area is 227 Å². The highest BCUT2D eigenvalue weighted by molar-refractivity contribution is 6.45. The van der Waals surface area contributed by atoms with Crippen LogP contribution in [0, 0.1) is 0 Å². The van der Waals surface area contributed by atoms with Crippen molar-refractivity contribution in [3.63, 3.8) is 0 Å². The Bertz CT molecular complexity index is 1200. The maximum Gasteiger partial charge on any atom is 0.326 e. The molecule has 2 aliphatic rings. The summed E-state index contributed by atoms with van der Waals surface area (Å²) in [6, 6.07) is 3.67. The van der Waals surface area contributed by atoms with Gasteiger partial charge in [-0.2, -0.15) is 0 Å². The maximum atomic E-state index is 13.0. The van der Waals surface area contributed by atoms with Crippen LogP contribution in [0.1, 0.15) is 64.6 Å². The lowest BCUT2D eigenvalue weighted by atomic mass is 10.0. The molecule has 0 saturated carbocycles. The van der Waals surface area contributed by atoms with Gasteiger partial charge in [0.2, 0.25) is 0 Å². The molecule has 1 aromatic heterocycles. The molecule has 0 radical (unpaired) electrons. The van der Waals surface area contributed by atoms with Gasteiger partial charge in [0.1, 0.15) is 18.4 Å². The summed E-state index contributed by atoms with van der Waals surface area (Å²) in [5.74, 6) is -0.706. The molecular weight excluding hydrogens is 517 g/mol. The van der Waals surface area contributed by atoms with Crippen LogP contribution in [-0.2, 0) is 36.8 Å². The van der Waals surface area contributed by atoms with Crippen LogP contribution in [0.3, 0.4) is 0 Å². The molecule has 3 heterocycles. The first-order valence-electron chi connectivity index (χ1n) is 12.8. The second-order valence-electron chi connectivity index (χ2n) is 10.3.